The smallest absolute Gasteiger partial charge is 0.406 e. The zero-order chi connectivity index (χ0) is 16.4. The number of carbonyl (C=O) groups excluding carboxylic acids is 1. The average Bonchev–Trinajstić information content (AvgIpc) is 2.91. The normalized spacial score (nSPS) is 21.3. The van der Waals surface area contributed by atoms with Gasteiger partial charge in [0, 0.05) is 24.9 Å². The fourth-order valence-electron chi connectivity index (χ4n) is 3.38. The largest absolute Gasteiger partial charge is 0.453 e. The van der Waals surface area contributed by atoms with E-state index >= 15 is 0 Å². The molecule has 2 aromatic heterocycles. The molecule has 1 aliphatic rings. The molecule has 7 heteroatoms. The molecule has 1 amide bonds. The lowest BCUT2D eigenvalue weighted by atomic mass is 9.81. The van der Waals surface area contributed by atoms with Gasteiger partial charge in [-0.05, 0) is 54.5 Å². The van der Waals surface area contributed by atoms with E-state index in [-0.39, 0.29) is 6.09 Å². The van der Waals surface area contributed by atoms with Gasteiger partial charge in [0.15, 0.2) is 0 Å². The van der Waals surface area contributed by atoms with Crippen molar-refractivity contribution in [3.63, 3.8) is 0 Å². The number of imidazole rings is 1. The van der Waals surface area contributed by atoms with E-state index in [0.717, 1.165) is 47.3 Å². The van der Waals surface area contributed by atoms with Crippen molar-refractivity contribution in [3.05, 3.63) is 28.5 Å². The quantitative estimate of drug-likeness (QED) is 0.885. The highest BCUT2D eigenvalue weighted by atomic mass is 79.9. The molecule has 0 aliphatic heterocycles. The number of carbonyl (C=O) groups is 1. The maximum atomic E-state index is 11.2. The molecular formula is C16H21BrN4O2. The molecule has 0 radical (unpaired) electrons. The van der Waals surface area contributed by atoms with Crippen LogP contribution in [0.25, 0.3) is 5.52 Å². The summed E-state index contributed by atoms with van der Waals surface area (Å²) in [6, 6.07) is 0. The molecular weight excluding hydrogens is 360 g/mol. The third-order valence-electron chi connectivity index (χ3n) is 4.65. The molecule has 1 fully saturated rings. The number of ether oxygens (including phenoxy) is 1. The van der Waals surface area contributed by atoms with Gasteiger partial charge in [-0.25, -0.2) is 9.78 Å². The summed E-state index contributed by atoms with van der Waals surface area (Å²) < 4.78 is 7.64. The summed E-state index contributed by atoms with van der Waals surface area (Å²) in [5.74, 6) is 2.07. The molecule has 1 N–H and O–H groups in total. The van der Waals surface area contributed by atoms with Crippen molar-refractivity contribution in [2.24, 2.45) is 5.92 Å². The summed E-state index contributed by atoms with van der Waals surface area (Å²) in [7, 11) is 1.39. The molecule has 0 bridgehead atoms. The molecule has 2 aromatic rings. The van der Waals surface area contributed by atoms with E-state index in [0.29, 0.717) is 18.4 Å². The summed E-state index contributed by atoms with van der Waals surface area (Å²) in [6.45, 7) is 2.69. The summed E-state index contributed by atoms with van der Waals surface area (Å²) in [5.41, 5.74) is 2.03. The zero-order valence-corrected chi connectivity index (χ0v) is 15.0. The first-order valence-corrected chi connectivity index (χ1v) is 8.70. The number of hydrogen-bond acceptors (Lipinski definition) is 4. The van der Waals surface area contributed by atoms with Crippen LogP contribution in [0, 0.1) is 12.8 Å². The zero-order valence-electron chi connectivity index (χ0n) is 13.4. The predicted molar refractivity (Wildman–Crippen MR) is 90.5 cm³/mol. The number of hydrogen-bond donors (Lipinski definition) is 1. The van der Waals surface area contributed by atoms with E-state index in [4.69, 9.17) is 4.98 Å². The standard InChI is InChI=1S/C16H21BrN4O2/c1-10-13-14(17)20-15(21(13)8-7-18-10)12-5-3-11(4-6-12)9-19-16(22)23-2/h7-8,11-12H,3-6,9H2,1-2H3,(H,19,22). The van der Waals surface area contributed by atoms with E-state index in [1.54, 1.807) is 0 Å². The minimum absolute atomic E-state index is 0.349. The van der Waals surface area contributed by atoms with E-state index in [9.17, 15) is 4.79 Å². The van der Waals surface area contributed by atoms with E-state index in [1.165, 1.54) is 7.11 Å². The fourth-order valence-corrected chi connectivity index (χ4v) is 4.04. The molecule has 0 unspecified atom stereocenters. The van der Waals surface area contributed by atoms with Crippen LogP contribution in [0.3, 0.4) is 0 Å². The minimum atomic E-state index is -0.349. The number of fused-ring (bicyclic) bond motifs is 1. The second-order valence-corrected chi connectivity index (χ2v) is 6.83. The van der Waals surface area contributed by atoms with Crippen LogP contribution in [-0.2, 0) is 4.74 Å². The van der Waals surface area contributed by atoms with Crippen LogP contribution in [0.4, 0.5) is 4.79 Å². The van der Waals surface area contributed by atoms with Crippen molar-refractivity contribution in [2.45, 2.75) is 38.5 Å². The molecule has 3 rings (SSSR count). The highest BCUT2D eigenvalue weighted by Crippen LogP contribution is 2.36. The average molecular weight is 381 g/mol. The SMILES string of the molecule is COC(=O)NCC1CCC(c2nc(Br)c3c(C)nccn23)CC1. The van der Waals surface area contributed by atoms with Gasteiger partial charge in [-0.15, -0.1) is 0 Å². The highest BCUT2D eigenvalue weighted by Gasteiger charge is 2.26. The molecule has 6 nitrogen and oxygen atoms in total. The van der Waals surface area contributed by atoms with E-state index in [2.05, 4.69) is 35.4 Å². The van der Waals surface area contributed by atoms with E-state index in [1.807, 2.05) is 19.3 Å². The van der Waals surface area contributed by atoms with Crippen molar-refractivity contribution in [3.8, 4) is 0 Å². The molecule has 0 atom stereocenters. The Kier molecular flexibility index (Phi) is 4.84. The summed E-state index contributed by atoms with van der Waals surface area (Å²) >= 11 is 3.56. The molecule has 2 heterocycles. The molecule has 23 heavy (non-hydrogen) atoms. The number of alkyl carbamates (subject to hydrolysis) is 1. The molecule has 0 spiro atoms. The van der Waals surface area contributed by atoms with Crippen LogP contribution in [0.1, 0.15) is 43.1 Å². The third-order valence-corrected chi connectivity index (χ3v) is 5.21. The molecule has 124 valence electrons. The Morgan fingerprint density at radius 2 is 2.17 bits per heavy atom. The van der Waals surface area contributed by atoms with Crippen molar-refractivity contribution in [1.82, 2.24) is 19.7 Å². The van der Waals surface area contributed by atoms with Crippen LogP contribution in [-0.4, -0.2) is 34.1 Å². The Balaban J connectivity index is 1.69. The minimum Gasteiger partial charge on any atom is -0.453 e. The van der Waals surface area contributed by atoms with Gasteiger partial charge in [0.2, 0.25) is 0 Å². The Morgan fingerprint density at radius 3 is 2.87 bits per heavy atom. The number of methoxy groups -OCH3 is 1. The second-order valence-electron chi connectivity index (χ2n) is 6.08. The lowest BCUT2D eigenvalue weighted by Gasteiger charge is -2.27. The number of nitrogens with one attached hydrogen (secondary N) is 1. The number of nitrogens with zero attached hydrogens (tertiary/aromatic N) is 3. The van der Waals surface area contributed by atoms with Crippen LogP contribution >= 0.6 is 15.9 Å². The van der Waals surface area contributed by atoms with Crippen molar-refractivity contribution in [1.29, 1.82) is 0 Å². The van der Waals surface area contributed by atoms with Gasteiger partial charge in [0.05, 0.1) is 12.8 Å². The second kappa shape index (κ2) is 6.86. The third kappa shape index (κ3) is 3.34. The Bertz CT molecular complexity index is 707. The summed E-state index contributed by atoms with van der Waals surface area (Å²) in [4.78, 5) is 20.2. The lowest BCUT2D eigenvalue weighted by molar-refractivity contribution is 0.167. The lowest BCUT2D eigenvalue weighted by Crippen LogP contribution is -2.31. The molecule has 1 saturated carbocycles. The van der Waals surface area contributed by atoms with Crippen molar-refractivity contribution in [2.75, 3.05) is 13.7 Å². The number of rotatable bonds is 3. The van der Waals surface area contributed by atoms with Gasteiger partial charge >= 0.3 is 6.09 Å². The highest BCUT2D eigenvalue weighted by molar-refractivity contribution is 9.10. The van der Waals surface area contributed by atoms with Crippen LogP contribution < -0.4 is 5.32 Å². The number of halogens is 1. The van der Waals surface area contributed by atoms with Gasteiger partial charge in [-0.3, -0.25) is 9.38 Å². The van der Waals surface area contributed by atoms with Crippen LogP contribution in [0.5, 0.6) is 0 Å². The maximum absolute atomic E-state index is 11.2. The topological polar surface area (TPSA) is 68.5 Å². The first-order valence-electron chi connectivity index (χ1n) is 7.91. The number of amides is 1. The Hall–Kier alpha value is -1.63. The number of aryl methyl sites for hydroxylation is 1. The number of aromatic nitrogens is 3. The van der Waals surface area contributed by atoms with Gasteiger partial charge in [0.1, 0.15) is 15.9 Å². The maximum Gasteiger partial charge on any atom is 0.406 e. The van der Waals surface area contributed by atoms with Crippen molar-refractivity contribution < 1.29 is 9.53 Å². The van der Waals surface area contributed by atoms with Gasteiger partial charge in [-0.2, -0.15) is 0 Å². The van der Waals surface area contributed by atoms with Crippen LogP contribution in [0.15, 0.2) is 17.0 Å². The summed E-state index contributed by atoms with van der Waals surface area (Å²) in [6.07, 6.45) is 7.81. The molecule has 1 aliphatic carbocycles. The first kappa shape index (κ1) is 16.2. The van der Waals surface area contributed by atoms with Crippen molar-refractivity contribution >= 4 is 27.5 Å². The molecule has 0 saturated heterocycles. The Morgan fingerprint density at radius 1 is 1.43 bits per heavy atom. The predicted octanol–water partition coefficient (Wildman–Crippen LogP) is 3.43. The Labute approximate surface area is 143 Å². The van der Waals surface area contributed by atoms with E-state index < -0.39 is 0 Å². The summed E-state index contributed by atoms with van der Waals surface area (Å²) in [5, 5.41) is 2.80. The van der Waals surface area contributed by atoms with Gasteiger partial charge in [0.25, 0.3) is 0 Å². The molecule has 0 aromatic carbocycles. The van der Waals surface area contributed by atoms with Gasteiger partial charge < -0.3 is 10.1 Å². The van der Waals surface area contributed by atoms with Crippen LogP contribution in [0.2, 0.25) is 0 Å². The first-order chi connectivity index (χ1) is 11.1. The fraction of sp³-hybridized carbons (Fsp3) is 0.562. The monoisotopic (exact) mass is 380 g/mol. The van der Waals surface area contributed by atoms with Gasteiger partial charge in [-0.1, -0.05) is 0 Å².